The van der Waals surface area contributed by atoms with Crippen molar-refractivity contribution in [1.82, 2.24) is 14.8 Å². The van der Waals surface area contributed by atoms with Gasteiger partial charge in [-0.1, -0.05) is 0 Å². The van der Waals surface area contributed by atoms with Crippen LogP contribution in [0.3, 0.4) is 0 Å². The molecule has 0 aromatic carbocycles. The van der Waals surface area contributed by atoms with Crippen molar-refractivity contribution in [3.05, 3.63) is 36.9 Å². The summed E-state index contributed by atoms with van der Waals surface area (Å²) in [6, 6.07) is 4.28. The molecular formula is C11H14N4. The van der Waals surface area contributed by atoms with Crippen LogP contribution < -0.4 is 5.32 Å². The van der Waals surface area contributed by atoms with E-state index in [2.05, 4.69) is 29.2 Å². The first-order valence-electron chi connectivity index (χ1n) is 4.97. The van der Waals surface area contributed by atoms with E-state index in [1.54, 1.807) is 17.1 Å². The summed E-state index contributed by atoms with van der Waals surface area (Å²) in [5, 5.41) is 7.54. The van der Waals surface area contributed by atoms with E-state index >= 15 is 0 Å². The molecule has 0 saturated heterocycles. The van der Waals surface area contributed by atoms with E-state index in [1.165, 1.54) is 0 Å². The van der Waals surface area contributed by atoms with Gasteiger partial charge in [0.2, 0.25) is 0 Å². The zero-order chi connectivity index (χ0) is 10.7. The molecule has 78 valence electrons. The van der Waals surface area contributed by atoms with Crippen molar-refractivity contribution < 1.29 is 0 Å². The minimum absolute atomic E-state index is 0.413. The number of anilines is 1. The first-order chi connectivity index (χ1) is 7.25. The molecule has 0 aliphatic carbocycles. The highest BCUT2D eigenvalue weighted by Crippen LogP contribution is 2.10. The standard InChI is InChI=1S/C11H14N4/c1-9(2)14-10-6-13-15(8-10)11-4-3-5-12-7-11/h3-9,14H,1-2H3. The van der Waals surface area contributed by atoms with Crippen molar-refractivity contribution in [2.45, 2.75) is 19.9 Å². The van der Waals surface area contributed by atoms with Crippen LogP contribution in [-0.4, -0.2) is 20.8 Å². The smallest absolute Gasteiger partial charge is 0.0829 e. The Morgan fingerprint density at radius 1 is 1.33 bits per heavy atom. The van der Waals surface area contributed by atoms with Crippen LogP contribution in [0.15, 0.2) is 36.9 Å². The quantitative estimate of drug-likeness (QED) is 0.828. The van der Waals surface area contributed by atoms with E-state index in [4.69, 9.17) is 0 Å². The summed E-state index contributed by atoms with van der Waals surface area (Å²) in [7, 11) is 0. The summed E-state index contributed by atoms with van der Waals surface area (Å²) < 4.78 is 1.80. The van der Waals surface area contributed by atoms with Crippen LogP contribution in [0.5, 0.6) is 0 Å². The summed E-state index contributed by atoms with van der Waals surface area (Å²) in [5.74, 6) is 0. The molecule has 2 aromatic heterocycles. The van der Waals surface area contributed by atoms with Gasteiger partial charge in [0.05, 0.1) is 30.0 Å². The van der Waals surface area contributed by atoms with Crippen molar-refractivity contribution in [2.24, 2.45) is 0 Å². The Bertz CT molecular complexity index is 419. The lowest BCUT2D eigenvalue weighted by atomic mass is 10.4. The third kappa shape index (κ3) is 2.34. The largest absolute Gasteiger partial charge is 0.380 e. The predicted molar refractivity (Wildman–Crippen MR) is 60.1 cm³/mol. The number of rotatable bonds is 3. The molecule has 0 aliphatic heterocycles. The van der Waals surface area contributed by atoms with Gasteiger partial charge in [-0.3, -0.25) is 4.98 Å². The molecule has 15 heavy (non-hydrogen) atoms. The Morgan fingerprint density at radius 2 is 2.20 bits per heavy atom. The Kier molecular flexibility index (Phi) is 2.67. The second-order valence-corrected chi connectivity index (χ2v) is 3.68. The summed E-state index contributed by atoms with van der Waals surface area (Å²) in [5.41, 5.74) is 1.99. The maximum Gasteiger partial charge on any atom is 0.0829 e. The molecule has 0 unspecified atom stereocenters. The third-order valence-corrected chi connectivity index (χ3v) is 1.95. The van der Waals surface area contributed by atoms with E-state index in [1.807, 2.05) is 24.5 Å². The highest BCUT2D eigenvalue weighted by molar-refractivity contribution is 5.42. The minimum Gasteiger partial charge on any atom is -0.380 e. The molecule has 0 aliphatic rings. The number of hydrogen-bond donors (Lipinski definition) is 1. The van der Waals surface area contributed by atoms with Crippen LogP contribution in [0, 0.1) is 0 Å². The molecule has 4 nitrogen and oxygen atoms in total. The van der Waals surface area contributed by atoms with Gasteiger partial charge in [0.15, 0.2) is 0 Å². The monoisotopic (exact) mass is 202 g/mol. The molecule has 0 amide bonds. The molecule has 2 heterocycles. The minimum atomic E-state index is 0.413. The van der Waals surface area contributed by atoms with Gasteiger partial charge in [-0.25, -0.2) is 4.68 Å². The summed E-state index contributed by atoms with van der Waals surface area (Å²) in [6.07, 6.45) is 7.30. The lowest BCUT2D eigenvalue weighted by Gasteiger charge is -2.05. The fraction of sp³-hybridized carbons (Fsp3) is 0.273. The van der Waals surface area contributed by atoms with Gasteiger partial charge in [0.25, 0.3) is 0 Å². The first kappa shape index (κ1) is 9.71. The van der Waals surface area contributed by atoms with Crippen molar-refractivity contribution in [2.75, 3.05) is 5.32 Å². The molecule has 0 spiro atoms. The molecule has 4 heteroatoms. The Balaban J connectivity index is 2.21. The number of nitrogens with zero attached hydrogens (tertiary/aromatic N) is 3. The topological polar surface area (TPSA) is 42.7 Å². The zero-order valence-electron chi connectivity index (χ0n) is 8.88. The Hall–Kier alpha value is -1.84. The normalized spacial score (nSPS) is 10.6. The Labute approximate surface area is 89.0 Å². The maximum atomic E-state index is 4.25. The molecule has 0 saturated carbocycles. The van der Waals surface area contributed by atoms with Crippen LogP contribution >= 0.6 is 0 Å². The first-order valence-corrected chi connectivity index (χ1v) is 4.97. The van der Waals surface area contributed by atoms with Crippen LogP contribution in [0.4, 0.5) is 5.69 Å². The average molecular weight is 202 g/mol. The van der Waals surface area contributed by atoms with E-state index in [-0.39, 0.29) is 0 Å². The zero-order valence-corrected chi connectivity index (χ0v) is 8.88. The van der Waals surface area contributed by atoms with Gasteiger partial charge in [-0.15, -0.1) is 0 Å². The number of pyridine rings is 1. The number of nitrogens with one attached hydrogen (secondary N) is 1. The highest BCUT2D eigenvalue weighted by Gasteiger charge is 2.01. The number of hydrogen-bond acceptors (Lipinski definition) is 3. The molecule has 1 N–H and O–H groups in total. The van der Waals surface area contributed by atoms with Crippen LogP contribution in [-0.2, 0) is 0 Å². The van der Waals surface area contributed by atoms with Crippen LogP contribution in [0.1, 0.15) is 13.8 Å². The predicted octanol–water partition coefficient (Wildman–Crippen LogP) is 2.09. The van der Waals surface area contributed by atoms with Gasteiger partial charge in [-0.2, -0.15) is 5.10 Å². The van der Waals surface area contributed by atoms with Crippen molar-refractivity contribution >= 4 is 5.69 Å². The molecular weight excluding hydrogens is 188 g/mol. The maximum absolute atomic E-state index is 4.25. The second-order valence-electron chi connectivity index (χ2n) is 3.68. The summed E-state index contributed by atoms with van der Waals surface area (Å²) in [4.78, 5) is 4.05. The second kappa shape index (κ2) is 4.13. The fourth-order valence-corrected chi connectivity index (χ4v) is 1.36. The average Bonchev–Trinajstić information content (AvgIpc) is 2.67. The summed E-state index contributed by atoms with van der Waals surface area (Å²) in [6.45, 7) is 4.20. The van der Waals surface area contributed by atoms with Gasteiger partial charge < -0.3 is 5.32 Å². The molecule has 2 aromatic rings. The van der Waals surface area contributed by atoms with Crippen molar-refractivity contribution in [3.63, 3.8) is 0 Å². The summed E-state index contributed by atoms with van der Waals surface area (Å²) >= 11 is 0. The van der Waals surface area contributed by atoms with E-state index in [0.29, 0.717) is 6.04 Å². The van der Waals surface area contributed by atoms with Crippen molar-refractivity contribution in [3.8, 4) is 5.69 Å². The highest BCUT2D eigenvalue weighted by atomic mass is 15.3. The fourth-order valence-electron chi connectivity index (χ4n) is 1.36. The van der Waals surface area contributed by atoms with E-state index in [0.717, 1.165) is 11.4 Å². The van der Waals surface area contributed by atoms with Crippen LogP contribution in [0.2, 0.25) is 0 Å². The molecule has 0 radical (unpaired) electrons. The Morgan fingerprint density at radius 3 is 2.87 bits per heavy atom. The molecule has 0 bridgehead atoms. The third-order valence-electron chi connectivity index (χ3n) is 1.95. The van der Waals surface area contributed by atoms with Gasteiger partial charge >= 0.3 is 0 Å². The molecule has 0 atom stereocenters. The van der Waals surface area contributed by atoms with Gasteiger partial charge in [0.1, 0.15) is 0 Å². The van der Waals surface area contributed by atoms with E-state index in [9.17, 15) is 0 Å². The SMILES string of the molecule is CC(C)Nc1cnn(-c2cccnc2)c1. The number of aromatic nitrogens is 3. The lowest BCUT2D eigenvalue weighted by Crippen LogP contribution is -2.08. The molecule has 0 fully saturated rings. The van der Waals surface area contributed by atoms with Crippen molar-refractivity contribution in [1.29, 1.82) is 0 Å². The lowest BCUT2D eigenvalue weighted by molar-refractivity contribution is 0.872. The van der Waals surface area contributed by atoms with Crippen LogP contribution in [0.25, 0.3) is 5.69 Å². The van der Waals surface area contributed by atoms with Gasteiger partial charge in [0, 0.05) is 12.2 Å². The van der Waals surface area contributed by atoms with E-state index < -0.39 is 0 Å². The molecule has 2 rings (SSSR count). The van der Waals surface area contributed by atoms with Gasteiger partial charge in [-0.05, 0) is 26.0 Å².